The Hall–Kier alpha value is -2.08. The van der Waals surface area contributed by atoms with Crippen molar-refractivity contribution in [1.82, 2.24) is 5.32 Å². The van der Waals surface area contributed by atoms with Crippen LogP contribution in [0.4, 0.5) is 0 Å². The molecule has 2 atom stereocenters. The van der Waals surface area contributed by atoms with E-state index in [-0.39, 0.29) is 12.4 Å². The van der Waals surface area contributed by atoms with Crippen LogP contribution in [0.3, 0.4) is 0 Å². The zero-order chi connectivity index (χ0) is 19.2. The molecule has 2 unspecified atom stereocenters. The van der Waals surface area contributed by atoms with Gasteiger partial charge in [0.15, 0.2) is 0 Å². The number of rotatable bonds is 8. The van der Waals surface area contributed by atoms with E-state index in [1.807, 2.05) is 13.0 Å². The van der Waals surface area contributed by atoms with Gasteiger partial charge < -0.3 is 25.4 Å². The normalized spacial score (nSPS) is 17.4. The van der Waals surface area contributed by atoms with Crippen molar-refractivity contribution in [3.05, 3.63) is 58.7 Å². The van der Waals surface area contributed by atoms with E-state index in [0.29, 0.717) is 31.2 Å². The lowest BCUT2D eigenvalue weighted by atomic mass is 9.88. The van der Waals surface area contributed by atoms with Crippen molar-refractivity contribution in [2.24, 2.45) is 0 Å². The molecule has 0 aromatic heterocycles. The molecule has 0 spiro atoms. The fraction of sp³-hybridized carbons (Fsp3) is 0.455. The molecule has 2 aromatic carbocycles. The lowest BCUT2D eigenvalue weighted by Crippen LogP contribution is -2.37. The van der Waals surface area contributed by atoms with Crippen molar-refractivity contribution in [3.8, 4) is 11.5 Å². The quantitative estimate of drug-likeness (QED) is 0.573. The summed E-state index contributed by atoms with van der Waals surface area (Å²) >= 11 is 0. The average molecular weight is 371 g/mol. The van der Waals surface area contributed by atoms with Crippen LogP contribution in [0.2, 0.25) is 0 Å². The smallest absolute Gasteiger partial charge is 0.119 e. The van der Waals surface area contributed by atoms with Gasteiger partial charge in [0.1, 0.15) is 11.5 Å². The molecule has 0 bridgehead atoms. The molecule has 1 aliphatic carbocycles. The minimum absolute atomic E-state index is 0.0312. The largest absolute Gasteiger partial charge is 0.508 e. The third-order valence-electron chi connectivity index (χ3n) is 5.19. The molecule has 146 valence electrons. The Morgan fingerprint density at radius 2 is 2.04 bits per heavy atom. The summed E-state index contributed by atoms with van der Waals surface area (Å²) in [4.78, 5) is 0. The minimum Gasteiger partial charge on any atom is -0.508 e. The minimum atomic E-state index is -0.654. The topological polar surface area (TPSA) is 82.0 Å². The second-order valence-corrected chi connectivity index (χ2v) is 7.09. The number of fused-ring (bicyclic) bond motifs is 1. The molecule has 5 nitrogen and oxygen atoms in total. The second kappa shape index (κ2) is 9.22. The van der Waals surface area contributed by atoms with Crippen LogP contribution < -0.4 is 10.1 Å². The third-order valence-corrected chi connectivity index (χ3v) is 5.19. The summed E-state index contributed by atoms with van der Waals surface area (Å²) in [5.74, 6) is 1.07. The lowest BCUT2D eigenvalue weighted by Gasteiger charge is -2.27. The van der Waals surface area contributed by atoms with Gasteiger partial charge in [0.2, 0.25) is 0 Å². The summed E-state index contributed by atoms with van der Waals surface area (Å²) in [6.07, 6.45) is 2.71. The third kappa shape index (κ3) is 5.01. The average Bonchev–Trinajstić information content (AvgIpc) is 2.68. The van der Waals surface area contributed by atoms with Gasteiger partial charge in [0.05, 0.1) is 12.7 Å². The number of benzene rings is 2. The molecular weight excluding hydrogens is 342 g/mol. The first-order valence-electron chi connectivity index (χ1n) is 9.69. The monoisotopic (exact) mass is 371 g/mol. The molecule has 0 fully saturated rings. The van der Waals surface area contributed by atoms with Crippen molar-refractivity contribution in [2.75, 3.05) is 19.8 Å². The zero-order valence-corrected chi connectivity index (χ0v) is 15.8. The number of aromatic hydroxyl groups is 1. The summed E-state index contributed by atoms with van der Waals surface area (Å²) in [6, 6.07) is 11.7. The van der Waals surface area contributed by atoms with Crippen LogP contribution in [0.25, 0.3) is 0 Å². The molecule has 0 amide bonds. The van der Waals surface area contributed by atoms with E-state index in [1.54, 1.807) is 18.2 Å². The van der Waals surface area contributed by atoms with Gasteiger partial charge in [-0.2, -0.15) is 0 Å². The predicted octanol–water partition coefficient (Wildman–Crippen LogP) is 2.51. The summed E-state index contributed by atoms with van der Waals surface area (Å²) in [5, 5.41) is 32.9. The number of aryl methyl sites for hydroxylation is 1. The van der Waals surface area contributed by atoms with Crippen LogP contribution in [0.1, 0.15) is 41.7 Å². The van der Waals surface area contributed by atoms with Crippen molar-refractivity contribution in [2.45, 2.75) is 44.8 Å². The van der Waals surface area contributed by atoms with Gasteiger partial charge in [-0.1, -0.05) is 12.1 Å². The number of nitrogens with one attached hydrogen (secondary N) is 1. The first-order valence-corrected chi connectivity index (χ1v) is 9.69. The van der Waals surface area contributed by atoms with E-state index in [0.717, 1.165) is 30.6 Å². The van der Waals surface area contributed by atoms with Gasteiger partial charge in [-0.15, -0.1) is 0 Å². The van der Waals surface area contributed by atoms with E-state index in [9.17, 15) is 10.2 Å². The maximum absolute atomic E-state index is 10.5. The van der Waals surface area contributed by atoms with Crippen molar-refractivity contribution in [1.29, 1.82) is 0 Å². The van der Waals surface area contributed by atoms with E-state index in [2.05, 4.69) is 17.4 Å². The molecule has 27 heavy (non-hydrogen) atoms. The van der Waals surface area contributed by atoms with E-state index in [4.69, 9.17) is 9.84 Å². The molecular formula is C22H29NO4. The highest BCUT2D eigenvalue weighted by Crippen LogP contribution is 2.27. The summed E-state index contributed by atoms with van der Waals surface area (Å²) in [6.45, 7) is 3.07. The van der Waals surface area contributed by atoms with Crippen LogP contribution in [-0.4, -0.2) is 41.1 Å². The number of ether oxygens (including phenoxy) is 1. The number of hydrogen-bond donors (Lipinski definition) is 4. The lowest BCUT2D eigenvalue weighted by molar-refractivity contribution is 0.168. The van der Waals surface area contributed by atoms with Gasteiger partial charge >= 0.3 is 0 Å². The molecule has 2 aromatic rings. The van der Waals surface area contributed by atoms with Crippen LogP contribution >= 0.6 is 0 Å². The Morgan fingerprint density at radius 1 is 1.19 bits per heavy atom. The fourth-order valence-electron chi connectivity index (χ4n) is 3.69. The molecule has 3 rings (SSSR count). The van der Waals surface area contributed by atoms with E-state index >= 15 is 0 Å². The molecule has 0 radical (unpaired) electrons. The molecule has 4 N–H and O–H groups in total. The summed E-state index contributed by atoms with van der Waals surface area (Å²) in [7, 11) is 0. The van der Waals surface area contributed by atoms with Crippen LogP contribution in [0, 0.1) is 0 Å². The standard InChI is InChI=1S/C22H29NO4/c1-2-27-20-7-4-15-3-6-19(12-18(15)13-20)23-14-22(26)16-5-8-21(25)17(11-16)9-10-24/h4-5,7-8,11,13,19,22-26H,2-3,6,9-10,12,14H2,1H3. The molecule has 0 aliphatic heterocycles. The highest BCUT2D eigenvalue weighted by atomic mass is 16.5. The zero-order valence-electron chi connectivity index (χ0n) is 15.8. The SMILES string of the molecule is CCOc1ccc2c(c1)CC(NCC(O)c1ccc(O)c(CCO)c1)CC2. The highest BCUT2D eigenvalue weighted by molar-refractivity contribution is 5.38. The maximum atomic E-state index is 10.5. The van der Waals surface area contributed by atoms with E-state index in [1.165, 1.54) is 11.1 Å². The van der Waals surface area contributed by atoms with Crippen LogP contribution in [-0.2, 0) is 19.3 Å². The van der Waals surface area contributed by atoms with Gasteiger partial charge in [-0.3, -0.25) is 0 Å². The Labute approximate surface area is 160 Å². The molecule has 5 heteroatoms. The number of hydrogen-bond acceptors (Lipinski definition) is 5. The Bertz CT molecular complexity index is 762. The summed E-state index contributed by atoms with van der Waals surface area (Å²) < 4.78 is 5.61. The Morgan fingerprint density at radius 3 is 2.81 bits per heavy atom. The fourth-order valence-corrected chi connectivity index (χ4v) is 3.69. The predicted molar refractivity (Wildman–Crippen MR) is 105 cm³/mol. The first-order chi connectivity index (χ1) is 13.1. The number of phenols is 1. The molecule has 0 saturated carbocycles. The summed E-state index contributed by atoms with van der Waals surface area (Å²) in [5.41, 5.74) is 4.10. The molecule has 1 aliphatic rings. The Balaban J connectivity index is 1.59. The van der Waals surface area contributed by atoms with Crippen molar-refractivity contribution >= 4 is 0 Å². The first kappa shape index (κ1) is 19.7. The molecule has 0 heterocycles. The van der Waals surface area contributed by atoms with E-state index < -0.39 is 6.10 Å². The van der Waals surface area contributed by atoms with Crippen molar-refractivity contribution < 1.29 is 20.1 Å². The van der Waals surface area contributed by atoms with Crippen LogP contribution in [0.15, 0.2) is 36.4 Å². The van der Waals surface area contributed by atoms with Gasteiger partial charge in [0.25, 0.3) is 0 Å². The number of phenolic OH excluding ortho intramolecular Hbond substituents is 1. The number of aliphatic hydroxyl groups excluding tert-OH is 2. The van der Waals surface area contributed by atoms with Gasteiger partial charge in [-0.05, 0) is 79.1 Å². The van der Waals surface area contributed by atoms with Crippen LogP contribution in [0.5, 0.6) is 11.5 Å². The van der Waals surface area contributed by atoms with Gasteiger partial charge in [0, 0.05) is 19.2 Å². The second-order valence-electron chi connectivity index (χ2n) is 7.09. The maximum Gasteiger partial charge on any atom is 0.119 e. The van der Waals surface area contributed by atoms with Crippen molar-refractivity contribution in [3.63, 3.8) is 0 Å². The van der Waals surface area contributed by atoms with Gasteiger partial charge in [-0.25, -0.2) is 0 Å². The Kier molecular flexibility index (Phi) is 6.72. The molecule has 0 saturated heterocycles. The number of aliphatic hydroxyl groups is 2. The highest BCUT2D eigenvalue weighted by Gasteiger charge is 2.20.